The van der Waals surface area contributed by atoms with Crippen LogP contribution in [0.2, 0.25) is 15.3 Å². The van der Waals surface area contributed by atoms with Crippen LogP contribution >= 0.6 is 34.8 Å². The van der Waals surface area contributed by atoms with Gasteiger partial charge in [0, 0.05) is 10.6 Å². The van der Waals surface area contributed by atoms with Gasteiger partial charge in [-0.15, -0.1) is 0 Å². The molecule has 3 aromatic rings. The molecule has 2 heterocycles. The molecule has 0 saturated carbocycles. The molecule has 0 fully saturated rings. The quantitative estimate of drug-likeness (QED) is 0.713. The lowest BCUT2D eigenvalue weighted by Crippen LogP contribution is -2.01. The summed E-state index contributed by atoms with van der Waals surface area (Å²) in [5.74, 6) is -1.16. The zero-order valence-electron chi connectivity index (χ0n) is 10.2. The third-order valence-electron chi connectivity index (χ3n) is 2.92. The lowest BCUT2D eigenvalue weighted by Gasteiger charge is -2.10. The van der Waals surface area contributed by atoms with Gasteiger partial charge < -0.3 is 5.11 Å². The molecule has 5 nitrogen and oxygen atoms in total. The van der Waals surface area contributed by atoms with Gasteiger partial charge in [-0.25, -0.2) is 14.3 Å². The second-order valence-electron chi connectivity index (χ2n) is 4.15. The molecule has 0 aliphatic carbocycles. The second-order valence-corrected chi connectivity index (χ2v) is 5.27. The van der Waals surface area contributed by atoms with Crippen LogP contribution in [-0.2, 0) is 0 Å². The summed E-state index contributed by atoms with van der Waals surface area (Å²) in [6, 6.07) is 6.99. The molecular weight excluding hydrogens is 337 g/mol. The van der Waals surface area contributed by atoms with Crippen LogP contribution in [0.25, 0.3) is 16.8 Å². The number of carboxylic acid groups (broad SMARTS) is 1. The largest absolute Gasteiger partial charge is 0.477 e. The zero-order valence-corrected chi connectivity index (χ0v) is 12.5. The predicted molar refractivity (Wildman–Crippen MR) is 80.4 cm³/mol. The molecular formula is C13H6Cl3N3O2. The lowest BCUT2D eigenvalue weighted by molar-refractivity contribution is 0.0699. The highest BCUT2D eigenvalue weighted by atomic mass is 35.5. The molecule has 8 heteroatoms. The van der Waals surface area contributed by atoms with Crippen molar-refractivity contribution in [3.8, 4) is 11.1 Å². The Labute approximate surface area is 133 Å². The third kappa shape index (κ3) is 2.23. The number of carbonyl (C=O) groups is 1. The van der Waals surface area contributed by atoms with Crippen LogP contribution in [0, 0.1) is 0 Å². The molecule has 106 valence electrons. The average molecular weight is 343 g/mol. The summed E-state index contributed by atoms with van der Waals surface area (Å²) in [7, 11) is 0. The van der Waals surface area contributed by atoms with E-state index >= 15 is 0 Å². The molecule has 0 bridgehead atoms. The molecule has 0 unspecified atom stereocenters. The first kappa shape index (κ1) is 14.1. The fourth-order valence-corrected chi connectivity index (χ4v) is 2.84. The molecule has 3 rings (SSSR count). The minimum atomic E-state index is -1.16. The number of benzene rings is 1. The number of aromatic nitrogens is 3. The molecule has 21 heavy (non-hydrogen) atoms. The Morgan fingerprint density at radius 2 is 1.90 bits per heavy atom. The smallest absolute Gasteiger partial charge is 0.341 e. The van der Waals surface area contributed by atoms with E-state index in [2.05, 4.69) is 10.1 Å². The Morgan fingerprint density at radius 3 is 2.57 bits per heavy atom. The summed E-state index contributed by atoms with van der Waals surface area (Å²) >= 11 is 18.6. The Morgan fingerprint density at radius 1 is 1.19 bits per heavy atom. The summed E-state index contributed by atoms with van der Waals surface area (Å²) in [6.07, 6.45) is 1.17. The molecule has 0 atom stereocenters. The normalized spacial score (nSPS) is 11.0. The maximum atomic E-state index is 11.1. The lowest BCUT2D eigenvalue weighted by atomic mass is 10.1. The van der Waals surface area contributed by atoms with Gasteiger partial charge in [-0.3, -0.25) is 0 Å². The number of carboxylic acids is 1. The number of hydrogen-bond donors (Lipinski definition) is 1. The van der Waals surface area contributed by atoms with Crippen LogP contribution in [0.15, 0.2) is 30.5 Å². The first-order chi connectivity index (χ1) is 10.0. The molecule has 1 aromatic carbocycles. The van der Waals surface area contributed by atoms with E-state index in [1.54, 1.807) is 24.3 Å². The molecule has 0 spiro atoms. The van der Waals surface area contributed by atoms with E-state index in [1.165, 1.54) is 10.7 Å². The van der Waals surface area contributed by atoms with Crippen molar-refractivity contribution in [2.75, 3.05) is 0 Å². The Hall–Kier alpha value is -1.82. The average Bonchev–Trinajstić information content (AvgIpc) is 2.85. The summed E-state index contributed by atoms with van der Waals surface area (Å²) in [6.45, 7) is 0. The molecule has 0 aliphatic heterocycles. The van der Waals surface area contributed by atoms with Crippen molar-refractivity contribution >= 4 is 46.4 Å². The predicted octanol–water partition coefficient (Wildman–Crippen LogP) is 4.05. The highest BCUT2D eigenvalue weighted by Gasteiger charge is 2.21. The topological polar surface area (TPSA) is 67.5 Å². The van der Waals surface area contributed by atoms with Gasteiger partial charge in [0.1, 0.15) is 15.9 Å². The third-order valence-corrected chi connectivity index (χ3v) is 3.87. The second kappa shape index (κ2) is 5.18. The fraction of sp³-hybridized carbons (Fsp3) is 0. The standard InChI is InChI=1S/C13H6Cl3N3O2/c14-8-4-2-1-3-6(8)9-10(15)18-12-7(13(20)21)5-17-19(12)11(9)16/h1-5H,(H,20,21). The van der Waals surface area contributed by atoms with E-state index in [0.29, 0.717) is 16.1 Å². The molecule has 0 aliphatic rings. The van der Waals surface area contributed by atoms with Crippen LogP contribution < -0.4 is 0 Å². The van der Waals surface area contributed by atoms with Crippen molar-refractivity contribution in [3.63, 3.8) is 0 Å². The minimum Gasteiger partial charge on any atom is -0.477 e. The van der Waals surface area contributed by atoms with E-state index < -0.39 is 5.97 Å². The van der Waals surface area contributed by atoms with Crippen molar-refractivity contribution in [2.24, 2.45) is 0 Å². The highest BCUT2D eigenvalue weighted by molar-refractivity contribution is 6.40. The molecule has 0 amide bonds. The van der Waals surface area contributed by atoms with Gasteiger partial charge in [0.25, 0.3) is 0 Å². The first-order valence-electron chi connectivity index (χ1n) is 5.71. The number of hydrogen-bond acceptors (Lipinski definition) is 3. The van der Waals surface area contributed by atoms with E-state index in [0.717, 1.165) is 0 Å². The van der Waals surface area contributed by atoms with Crippen molar-refractivity contribution < 1.29 is 9.90 Å². The monoisotopic (exact) mass is 341 g/mol. The summed E-state index contributed by atoms with van der Waals surface area (Å²) in [5, 5.41) is 13.7. The Balaban J connectivity index is 2.36. The Kier molecular flexibility index (Phi) is 3.49. The summed E-state index contributed by atoms with van der Waals surface area (Å²) in [4.78, 5) is 15.2. The number of nitrogens with zero attached hydrogens (tertiary/aromatic N) is 3. The maximum Gasteiger partial charge on any atom is 0.341 e. The van der Waals surface area contributed by atoms with Gasteiger partial charge in [-0.1, -0.05) is 53.0 Å². The fourth-order valence-electron chi connectivity index (χ4n) is 1.97. The highest BCUT2D eigenvalue weighted by Crippen LogP contribution is 2.37. The number of halogens is 3. The van der Waals surface area contributed by atoms with Crippen molar-refractivity contribution in [1.29, 1.82) is 0 Å². The van der Waals surface area contributed by atoms with Gasteiger partial charge in [0.15, 0.2) is 5.65 Å². The van der Waals surface area contributed by atoms with Crippen molar-refractivity contribution in [2.45, 2.75) is 0 Å². The Bertz CT molecular complexity index is 876. The maximum absolute atomic E-state index is 11.1. The van der Waals surface area contributed by atoms with Crippen LogP contribution in [0.5, 0.6) is 0 Å². The van der Waals surface area contributed by atoms with Crippen LogP contribution in [-0.4, -0.2) is 25.7 Å². The van der Waals surface area contributed by atoms with Crippen LogP contribution in [0.4, 0.5) is 0 Å². The zero-order chi connectivity index (χ0) is 15.1. The molecule has 0 radical (unpaired) electrons. The van der Waals surface area contributed by atoms with E-state index in [9.17, 15) is 4.79 Å². The van der Waals surface area contributed by atoms with Gasteiger partial charge in [0.2, 0.25) is 0 Å². The van der Waals surface area contributed by atoms with Gasteiger partial charge in [-0.05, 0) is 6.07 Å². The van der Waals surface area contributed by atoms with E-state index in [-0.39, 0.29) is 21.5 Å². The summed E-state index contributed by atoms with van der Waals surface area (Å²) < 4.78 is 1.22. The van der Waals surface area contributed by atoms with E-state index in [1.807, 2.05) is 0 Å². The van der Waals surface area contributed by atoms with Gasteiger partial charge >= 0.3 is 5.97 Å². The van der Waals surface area contributed by atoms with Gasteiger partial charge in [0.05, 0.1) is 11.8 Å². The minimum absolute atomic E-state index is 0.0589. The molecule has 2 aromatic heterocycles. The van der Waals surface area contributed by atoms with Crippen LogP contribution in [0.3, 0.4) is 0 Å². The van der Waals surface area contributed by atoms with Crippen LogP contribution in [0.1, 0.15) is 10.4 Å². The van der Waals surface area contributed by atoms with Gasteiger partial charge in [-0.2, -0.15) is 5.10 Å². The van der Waals surface area contributed by atoms with Crippen molar-refractivity contribution in [1.82, 2.24) is 14.6 Å². The van der Waals surface area contributed by atoms with Crippen molar-refractivity contribution in [3.05, 3.63) is 51.4 Å². The molecule has 0 saturated heterocycles. The number of aromatic carboxylic acids is 1. The molecule has 1 N–H and O–H groups in total. The SMILES string of the molecule is O=C(O)c1cnn2c(Cl)c(-c3ccccc3Cl)c(Cl)nc12. The number of rotatable bonds is 2. The summed E-state index contributed by atoms with van der Waals surface area (Å²) in [5.41, 5.74) is 0.991. The van der Waals surface area contributed by atoms with E-state index in [4.69, 9.17) is 39.9 Å². The number of fused-ring (bicyclic) bond motifs is 1. The first-order valence-corrected chi connectivity index (χ1v) is 6.85.